The summed E-state index contributed by atoms with van der Waals surface area (Å²) in [4.78, 5) is 30.2. The number of benzene rings is 2. The molecule has 0 radical (unpaired) electrons. The van der Waals surface area contributed by atoms with Gasteiger partial charge in [-0.05, 0) is 38.1 Å². The van der Waals surface area contributed by atoms with Gasteiger partial charge in [0.25, 0.3) is 5.56 Å². The first-order valence-electron chi connectivity index (χ1n) is 9.13. The number of rotatable bonds is 4. The number of hydrogen-bond acceptors (Lipinski definition) is 3. The molecule has 148 valence electrons. The summed E-state index contributed by atoms with van der Waals surface area (Å²) in [6, 6.07) is 10.8. The van der Waals surface area contributed by atoms with E-state index in [9.17, 15) is 18.4 Å². The minimum absolute atomic E-state index is 0.106. The molecule has 6 nitrogen and oxygen atoms in total. The molecular formula is C21H18F2N4O2. The lowest BCUT2D eigenvalue weighted by Crippen LogP contribution is -2.39. The van der Waals surface area contributed by atoms with E-state index in [0.717, 1.165) is 22.3 Å². The fourth-order valence-corrected chi connectivity index (χ4v) is 3.36. The molecule has 0 spiro atoms. The molecule has 0 unspecified atom stereocenters. The van der Waals surface area contributed by atoms with Crippen molar-refractivity contribution in [2.24, 2.45) is 0 Å². The zero-order valence-corrected chi connectivity index (χ0v) is 15.9. The van der Waals surface area contributed by atoms with Gasteiger partial charge in [0.1, 0.15) is 11.6 Å². The average Bonchev–Trinajstić information content (AvgIpc) is 3.10. The van der Waals surface area contributed by atoms with Crippen molar-refractivity contribution in [3.63, 3.8) is 0 Å². The monoisotopic (exact) mass is 396 g/mol. The minimum atomic E-state index is -0.713. The Labute approximate surface area is 164 Å². The van der Waals surface area contributed by atoms with Crippen molar-refractivity contribution < 1.29 is 8.78 Å². The molecule has 0 saturated carbocycles. The average molecular weight is 396 g/mol. The Morgan fingerprint density at radius 1 is 1.00 bits per heavy atom. The van der Waals surface area contributed by atoms with E-state index in [1.807, 2.05) is 19.1 Å². The van der Waals surface area contributed by atoms with Crippen molar-refractivity contribution in [1.29, 1.82) is 0 Å². The number of aromatic nitrogens is 4. The van der Waals surface area contributed by atoms with Crippen molar-refractivity contribution in [2.45, 2.75) is 26.9 Å². The highest BCUT2D eigenvalue weighted by molar-refractivity contribution is 5.72. The summed E-state index contributed by atoms with van der Waals surface area (Å²) in [5.74, 6) is -1.43. The summed E-state index contributed by atoms with van der Waals surface area (Å²) in [5.41, 5.74) is 0.570. The molecule has 0 N–H and O–H groups in total. The van der Waals surface area contributed by atoms with Gasteiger partial charge >= 0.3 is 5.69 Å². The number of nitrogens with zero attached hydrogens (tertiary/aromatic N) is 4. The highest BCUT2D eigenvalue weighted by Crippen LogP contribution is 2.18. The Bertz CT molecular complexity index is 1310. The van der Waals surface area contributed by atoms with Crippen molar-refractivity contribution in [3.8, 4) is 5.69 Å². The van der Waals surface area contributed by atoms with E-state index in [1.54, 1.807) is 19.1 Å². The van der Waals surface area contributed by atoms with Crippen LogP contribution in [0.5, 0.6) is 0 Å². The number of hydrogen-bond donors (Lipinski definition) is 0. The van der Waals surface area contributed by atoms with Crippen LogP contribution in [-0.4, -0.2) is 18.7 Å². The van der Waals surface area contributed by atoms with Gasteiger partial charge in [-0.2, -0.15) is 0 Å². The summed E-state index contributed by atoms with van der Waals surface area (Å²) in [6.07, 6.45) is 1.32. The maximum absolute atomic E-state index is 14.1. The number of halogens is 2. The Hall–Kier alpha value is -3.55. The van der Waals surface area contributed by atoms with E-state index in [0.29, 0.717) is 5.69 Å². The van der Waals surface area contributed by atoms with Crippen LogP contribution in [0.1, 0.15) is 18.1 Å². The van der Waals surface area contributed by atoms with E-state index < -0.39 is 22.9 Å². The molecule has 0 saturated heterocycles. The van der Waals surface area contributed by atoms with Gasteiger partial charge in [0.05, 0.1) is 18.6 Å². The first-order valence-corrected chi connectivity index (χ1v) is 9.13. The molecular weight excluding hydrogens is 378 g/mol. The predicted molar refractivity (Wildman–Crippen MR) is 105 cm³/mol. The SMILES string of the molecule is CCn1c(=O)c2c(ncn2Cc2c(F)cccc2F)n(-c2ccc(C)cc2)c1=O. The molecule has 0 fully saturated rings. The highest BCUT2D eigenvalue weighted by atomic mass is 19.1. The fraction of sp³-hybridized carbons (Fsp3) is 0.190. The van der Waals surface area contributed by atoms with Crippen LogP contribution < -0.4 is 11.2 Å². The third-order valence-corrected chi connectivity index (χ3v) is 4.90. The second-order valence-corrected chi connectivity index (χ2v) is 6.75. The first-order chi connectivity index (χ1) is 13.9. The van der Waals surface area contributed by atoms with Crippen molar-refractivity contribution in [1.82, 2.24) is 18.7 Å². The predicted octanol–water partition coefficient (Wildman–Crippen LogP) is 3.00. The van der Waals surface area contributed by atoms with Crippen LogP contribution in [0.2, 0.25) is 0 Å². The lowest BCUT2D eigenvalue weighted by molar-refractivity contribution is 0.546. The van der Waals surface area contributed by atoms with E-state index in [4.69, 9.17) is 0 Å². The quantitative estimate of drug-likeness (QED) is 0.533. The third-order valence-electron chi connectivity index (χ3n) is 4.90. The fourth-order valence-electron chi connectivity index (χ4n) is 3.36. The van der Waals surface area contributed by atoms with Gasteiger partial charge in [-0.25, -0.2) is 23.1 Å². The van der Waals surface area contributed by atoms with Crippen LogP contribution in [0.3, 0.4) is 0 Å². The molecule has 0 aliphatic carbocycles. The standard InChI is InChI=1S/C21H18F2N4O2/c1-3-26-20(28)18-19(27(21(26)29)14-9-7-13(2)8-10-14)24-12-25(18)11-15-16(22)5-4-6-17(15)23/h4-10,12H,3,11H2,1-2H3. The smallest absolute Gasteiger partial charge is 0.320 e. The van der Waals surface area contributed by atoms with Gasteiger partial charge in [0, 0.05) is 12.1 Å². The molecule has 2 aromatic carbocycles. The maximum atomic E-state index is 14.1. The van der Waals surface area contributed by atoms with Crippen LogP contribution in [-0.2, 0) is 13.1 Å². The second-order valence-electron chi connectivity index (χ2n) is 6.75. The molecule has 2 aromatic heterocycles. The van der Waals surface area contributed by atoms with E-state index in [2.05, 4.69) is 4.98 Å². The lowest BCUT2D eigenvalue weighted by Gasteiger charge is -2.12. The van der Waals surface area contributed by atoms with Gasteiger partial charge < -0.3 is 4.57 Å². The largest absolute Gasteiger partial charge is 0.337 e. The molecule has 2 heterocycles. The van der Waals surface area contributed by atoms with Crippen LogP contribution in [0, 0.1) is 18.6 Å². The van der Waals surface area contributed by atoms with Gasteiger partial charge in [0.2, 0.25) is 0 Å². The topological polar surface area (TPSA) is 61.8 Å². The van der Waals surface area contributed by atoms with E-state index in [1.165, 1.54) is 21.5 Å². The van der Waals surface area contributed by atoms with Crippen LogP contribution in [0.15, 0.2) is 58.4 Å². The Kier molecular flexibility index (Phi) is 4.62. The number of imidazole rings is 1. The highest BCUT2D eigenvalue weighted by Gasteiger charge is 2.20. The van der Waals surface area contributed by atoms with Crippen molar-refractivity contribution in [3.05, 3.63) is 92.4 Å². The summed E-state index contributed by atoms with van der Waals surface area (Å²) in [5, 5.41) is 0. The molecule has 0 aliphatic heterocycles. The van der Waals surface area contributed by atoms with Gasteiger partial charge in [-0.3, -0.25) is 9.36 Å². The van der Waals surface area contributed by atoms with Gasteiger partial charge in [-0.1, -0.05) is 23.8 Å². The summed E-state index contributed by atoms with van der Waals surface area (Å²) < 4.78 is 32.0. The van der Waals surface area contributed by atoms with Crippen molar-refractivity contribution >= 4 is 11.2 Å². The summed E-state index contributed by atoms with van der Waals surface area (Å²) >= 11 is 0. The van der Waals surface area contributed by atoms with Crippen LogP contribution in [0.25, 0.3) is 16.9 Å². The van der Waals surface area contributed by atoms with E-state index >= 15 is 0 Å². The zero-order chi connectivity index (χ0) is 20.7. The molecule has 29 heavy (non-hydrogen) atoms. The first kappa shape index (κ1) is 18.8. The molecule has 0 aliphatic rings. The minimum Gasteiger partial charge on any atom is -0.320 e. The molecule has 8 heteroatoms. The Morgan fingerprint density at radius 3 is 2.28 bits per heavy atom. The summed E-state index contributed by atoms with van der Waals surface area (Å²) in [7, 11) is 0. The Balaban J connectivity index is 2.01. The molecule has 4 rings (SSSR count). The molecule has 4 aromatic rings. The van der Waals surface area contributed by atoms with Gasteiger partial charge in [-0.15, -0.1) is 0 Å². The molecule has 0 amide bonds. The summed E-state index contributed by atoms with van der Waals surface area (Å²) in [6.45, 7) is 3.54. The van der Waals surface area contributed by atoms with E-state index in [-0.39, 0.29) is 29.8 Å². The van der Waals surface area contributed by atoms with Crippen molar-refractivity contribution in [2.75, 3.05) is 0 Å². The normalized spacial score (nSPS) is 11.3. The third kappa shape index (κ3) is 3.06. The Morgan fingerprint density at radius 2 is 1.66 bits per heavy atom. The lowest BCUT2D eigenvalue weighted by atomic mass is 10.2. The number of aryl methyl sites for hydroxylation is 1. The second kappa shape index (κ2) is 7.12. The molecule has 0 bridgehead atoms. The van der Waals surface area contributed by atoms with Crippen LogP contribution in [0.4, 0.5) is 8.78 Å². The number of fused-ring (bicyclic) bond motifs is 1. The zero-order valence-electron chi connectivity index (χ0n) is 15.9. The van der Waals surface area contributed by atoms with Crippen LogP contribution >= 0.6 is 0 Å². The maximum Gasteiger partial charge on any atom is 0.337 e. The van der Waals surface area contributed by atoms with Gasteiger partial charge in [0.15, 0.2) is 11.2 Å². The molecule has 0 atom stereocenters.